The van der Waals surface area contributed by atoms with Gasteiger partial charge in [-0.2, -0.15) is 5.10 Å². The number of hydrogen-bond donors (Lipinski definition) is 0. The third-order valence-corrected chi connectivity index (χ3v) is 5.47. The first-order valence-corrected chi connectivity index (χ1v) is 9.93. The number of imidazole rings is 1. The number of carbonyl (C=O) groups is 1. The molecule has 0 unspecified atom stereocenters. The summed E-state index contributed by atoms with van der Waals surface area (Å²) in [5, 5.41) is 4.51. The number of carbonyl (C=O) groups excluding carboxylic acids is 1. The second-order valence-electron chi connectivity index (χ2n) is 7.59. The van der Waals surface area contributed by atoms with Crippen molar-refractivity contribution < 1.29 is 9.21 Å². The van der Waals surface area contributed by atoms with Gasteiger partial charge in [0.2, 0.25) is 5.91 Å². The van der Waals surface area contributed by atoms with E-state index in [9.17, 15) is 9.59 Å². The fourth-order valence-electron chi connectivity index (χ4n) is 3.88. The Kier molecular flexibility index (Phi) is 5.33. The topological polar surface area (TPSA) is 86.2 Å². The quantitative estimate of drug-likeness (QED) is 0.663. The third kappa shape index (κ3) is 4.01. The Balaban J connectivity index is 1.50. The number of aryl methyl sites for hydroxylation is 1. The van der Waals surface area contributed by atoms with Crippen LogP contribution in [0.5, 0.6) is 0 Å². The summed E-state index contributed by atoms with van der Waals surface area (Å²) in [6, 6.07) is 6.64. The molecule has 29 heavy (non-hydrogen) atoms. The highest BCUT2D eigenvalue weighted by molar-refractivity contribution is 5.78. The van der Waals surface area contributed by atoms with E-state index in [2.05, 4.69) is 10.1 Å². The van der Waals surface area contributed by atoms with E-state index in [0.29, 0.717) is 31.1 Å². The average Bonchev–Trinajstić information content (AvgIpc) is 3.40. The van der Waals surface area contributed by atoms with Crippen molar-refractivity contribution in [2.45, 2.75) is 39.3 Å². The van der Waals surface area contributed by atoms with Crippen molar-refractivity contribution in [2.75, 3.05) is 13.1 Å². The van der Waals surface area contributed by atoms with Crippen LogP contribution in [0.1, 0.15) is 31.6 Å². The molecule has 1 saturated heterocycles. The third-order valence-electron chi connectivity index (χ3n) is 5.47. The van der Waals surface area contributed by atoms with Crippen LogP contribution < -0.4 is 5.56 Å². The second kappa shape index (κ2) is 8.06. The summed E-state index contributed by atoms with van der Waals surface area (Å²) in [5.74, 6) is 1.44. The predicted octanol–water partition coefficient (Wildman–Crippen LogP) is 2.51. The Bertz CT molecular complexity index is 1040. The first-order valence-electron chi connectivity index (χ1n) is 9.93. The molecule has 0 aliphatic carbocycles. The normalized spacial score (nSPS) is 18.0. The molecule has 8 nitrogen and oxygen atoms in total. The van der Waals surface area contributed by atoms with Crippen LogP contribution in [0.25, 0.3) is 11.5 Å². The number of rotatable bonds is 5. The molecule has 3 aromatic heterocycles. The predicted molar refractivity (Wildman–Crippen MR) is 107 cm³/mol. The van der Waals surface area contributed by atoms with Crippen LogP contribution in [0.4, 0.5) is 0 Å². The number of hydrogen-bond acceptors (Lipinski definition) is 5. The Hall–Kier alpha value is -3.16. The molecule has 2 atom stereocenters. The van der Waals surface area contributed by atoms with Crippen LogP contribution in [-0.4, -0.2) is 43.2 Å². The fourth-order valence-corrected chi connectivity index (χ4v) is 3.88. The van der Waals surface area contributed by atoms with Gasteiger partial charge in [-0.25, -0.2) is 9.67 Å². The zero-order valence-electron chi connectivity index (χ0n) is 16.7. The highest BCUT2D eigenvalue weighted by atomic mass is 16.3. The van der Waals surface area contributed by atoms with E-state index in [1.807, 2.05) is 35.6 Å². The maximum atomic E-state index is 13.0. The highest BCUT2D eigenvalue weighted by Crippen LogP contribution is 2.23. The number of amides is 1. The average molecular weight is 395 g/mol. The van der Waals surface area contributed by atoms with Crippen molar-refractivity contribution in [1.29, 1.82) is 0 Å². The lowest BCUT2D eigenvalue weighted by atomic mass is 10.0. The maximum Gasteiger partial charge on any atom is 0.267 e. The Morgan fingerprint density at radius 3 is 2.93 bits per heavy atom. The van der Waals surface area contributed by atoms with Crippen molar-refractivity contribution in [3.8, 4) is 11.5 Å². The number of nitrogens with zero attached hydrogens (tertiary/aromatic N) is 5. The first-order chi connectivity index (χ1) is 14.0. The molecule has 0 spiro atoms. The van der Waals surface area contributed by atoms with Crippen LogP contribution in [-0.2, 0) is 11.3 Å². The van der Waals surface area contributed by atoms with Crippen molar-refractivity contribution >= 4 is 5.91 Å². The zero-order chi connectivity index (χ0) is 20.4. The highest BCUT2D eigenvalue weighted by Gasteiger charge is 2.29. The molecule has 0 radical (unpaired) electrons. The summed E-state index contributed by atoms with van der Waals surface area (Å²) in [4.78, 5) is 31.6. The van der Waals surface area contributed by atoms with Gasteiger partial charge in [0.05, 0.1) is 18.2 Å². The Morgan fingerprint density at radius 1 is 1.34 bits per heavy atom. The van der Waals surface area contributed by atoms with Crippen LogP contribution in [0.2, 0.25) is 0 Å². The number of furan rings is 1. The molecule has 3 aromatic rings. The SMILES string of the molecule is Cc1nccn1C[C@@H](C)C(=O)N1CCC[C@@H](n2nc(-c3ccco3)ccc2=O)C1. The van der Waals surface area contributed by atoms with E-state index in [0.717, 1.165) is 18.7 Å². The smallest absolute Gasteiger partial charge is 0.267 e. The molecule has 0 bridgehead atoms. The van der Waals surface area contributed by atoms with Crippen molar-refractivity contribution in [2.24, 2.45) is 5.92 Å². The minimum atomic E-state index is -0.166. The van der Waals surface area contributed by atoms with E-state index in [1.54, 1.807) is 24.6 Å². The first kappa shape index (κ1) is 19.2. The molecular weight excluding hydrogens is 370 g/mol. The van der Waals surface area contributed by atoms with Gasteiger partial charge in [0.15, 0.2) is 5.76 Å². The van der Waals surface area contributed by atoms with Gasteiger partial charge >= 0.3 is 0 Å². The minimum Gasteiger partial charge on any atom is -0.463 e. The summed E-state index contributed by atoms with van der Waals surface area (Å²) in [6.07, 6.45) is 6.87. The van der Waals surface area contributed by atoms with E-state index in [-0.39, 0.29) is 23.4 Å². The van der Waals surface area contributed by atoms with Gasteiger partial charge in [-0.05, 0) is 38.0 Å². The second-order valence-corrected chi connectivity index (χ2v) is 7.59. The summed E-state index contributed by atoms with van der Waals surface area (Å²) < 4.78 is 8.89. The van der Waals surface area contributed by atoms with Gasteiger partial charge < -0.3 is 13.9 Å². The number of piperidine rings is 1. The van der Waals surface area contributed by atoms with Crippen molar-refractivity contribution in [3.05, 3.63) is 59.1 Å². The Morgan fingerprint density at radius 2 is 2.21 bits per heavy atom. The van der Waals surface area contributed by atoms with E-state index >= 15 is 0 Å². The molecule has 1 fully saturated rings. The van der Waals surface area contributed by atoms with Gasteiger partial charge in [-0.3, -0.25) is 9.59 Å². The molecule has 1 aliphatic heterocycles. The van der Waals surface area contributed by atoms with Gasteiger partial charge in [0.25, 0.3) is 5.56 Å². The molecule has 4 rings (SSSR count). The monoisotopic (exact) mass is 395 g/mol. The lowest BCUT2D eigenvalue weighted by Crippen LogP contribution is -2.45. The summed E-state index contributed by atoms with van der Waals surface area (Å²) in [5.41, 5.74) is 0.448. The molecule has 8 heteroatoms. The molecule has 1 amide bonds. The molecule has 1 aliphatic rings. The number of aromatic nitrogens is 4. The van der Waals surface area contributed by atoms with E-state index in [4.69, 9.17) is 4.42 Å². The minimum absolute atomic E-state index is 0.0954. The van der Waals surface area contributed by atoms with Crippen molar-refractivity contribution in [3.63, 3.8) is 0 Å². The molecule has 0 saturated carbocycles. The summed E-state index contributed by atoms with van der Waals surface area (Å²) in [6.45, 7) is 5.65. The fraction of sp³-hybridized carbons (Fsp3) is 0.429. The van der Waals surface area contributed by atoms with Gasteiger partial charge in [-0.15, -0.1) is 0 Å². The van der Waals surface area contributed by atoms with Crippen molar-refractivity contribution in [1.82, 2.24) is 24.2 Å². The molecule has 0 N–H and O–H groups in total. The molecule has 4 heterocycles. The van der Waals surface area contributed by atoms with Gasteiger partial charge in [0, 0.05) is 38.1 Å². The van der Waals surface area contributed by atoms with Gasteiger partial charge in [0.1, 0.15) is 11.5 Å². The maximum absolute atomic E-state index is 13.0. The molecular formula is C21H25N5O3. The summed E-state index contributed by atoms with van der Waals surface area (Å²) in [7, 11) is 0. The lowest BCUT2D eigenvalue weighted by molar-refractivity contribution is -0.137. The number of likely N-dealkylation sites (tertiary alicyclic amines) is 1. The van der Waals surface area contributed by atoms with Crippen LogP contribution in [0.3, 0.4) is 0 Å². The summed E-state index contributed by atoms with van der Waals surface area (Å²) >= 11 is 0. The van der Waals surface area contributed by atoms with Gasteiger partial charge in [-0.1, -0.05) is 6.92 Å². The largest absolute Gasteiger partial charge is 0.463 e. The lowest BCUT2D eigenvalue weighted by Gasteiger charge is -2.34. The van der Waals surface area contributed by atoms with Crippen LogP contribution >= 0.6 is 0 Å². The Labute approximate surface area is 168 Å². The molecule has 0 aromatic carbocycles. The van der Waals surface area contributed by atoms with Crippen LogP contribution in [0.15, 0.2) is 52.1 Å². The van der Waals surface area contributed by atoms with E-state index in [1.165, 1.54) is 10.7 Å². The van der Waals surface area contributed by atoms with Crippen LogP contribution in [0, 0.1) is 12.8 Å². The van der Waals surface area contributed by atoms with E-state index < -0.39 is 0 Å². The zero-order valence-corrected chi connectivity index (χ0v) is 16.7. The standard InChI is InChI=1S/C21H25N5O3/c1-15(13-24-11-9-22-16(24)2)21(28)25-10-3-5-17(14-25)26-20(27)8-7-18(23-26)19-6-4-12-29-19/h4,6-9,11-12,15,17H,3,5,10,13-14H2,1-2H3/t15-,17-/m1/s1. The molecule has 152 valence electrons.